The molecule has 1 aromatic heterocycles. The summed E-state index contributed by atoms with van der Waals surface area (Å²) in [7, 11) is 0. The van der Waals surface area contributed by atoms with E-state index in [0.29, 0.717) is 18.9 Å². The van der Waals surface area contributed by atoms with Crippen molar-refractivity contribution in [3.8, 4) is 0 Å². The van der Waals surface area contributed by atoms with E-state index in [9.17, 15) is 9.59 Å². The Morgan fingerprint density at radius 2 is 2.08 bits per heavy atom. The molecule has 128 valence electrons. The van der Waals surface area contributed by atoms with Gasteiger partial charge in [0.1, 0.15) is 5.76 Å². The third-order valence-electron chi connectivity index (χ3n) is 5.73. The summed E-state index contributed by atoms with van der Waals surface area (Å²) < 4.78 is 5.26. The highest BCUT2D eigenvalue weighted by Gasteiger charge is 2.69. The molecule has 5 rings (SSSR count). The Balaban J connectivity index is 1.38. The number of carbonyl (C=O) groups is 2. The van der Waals surface area contributed by atoms with E-state index in [2.05, 4.69) is 5.32 Å². The fourth-order valence-corrected chi connectivity index (χ4v) is 4.12. The van der Waals surface area contributed by atoms with Gasteiger partial charge in [-0.2, -0.15) is 0 Å². The number of benzene rings is 1. The molecule has 2 amide bonds. The molecular formula is C20H20N2O3. The number of amides is 2. The number of nitrogens with one attached hydrogen (secondary N) is 1. The summed E-state index contributed by atoms with van der Waals surface area (Å²) in [5.74, 6) is 1.11. The summed E-state index contributed by atoms with van der Waals surface area (Å²) in [4.78, 5) is 27.7. The average Bonchev–Trinajstić information content (AvgIpc) is 3.52. The molecule has 25 heavy (non-hydrogen) atoms. The zero-order valence-corrected chi connectivity index (χ0v) is 13.9. The number of anilines is 1. The molecule has 0 radical (unpaired) electrons. The van der Waals surface area contributed by atoms with Crippen LogP contribution in [-0.2, 0) is 21.5 Å². The van der Waals surface area contributed by atoms with Gasteiger partial charge in [0.15, 0.2) is 0 Å². The van der Waals surface area contributed by atoms with Gasteiger partial charge in [0.2, 0.25) is 11.8 Å². The lowest BCUT2D eigenvalue weighted by molar-refractivity contribution is -0.126. The molecule has 2 aliphatic carbocycles. The molecule has 1 aliphatic heterocycles. The van der Waals surface area contributed by atoms with E-state index >= 15 is 0 Å². The van der Waals surface area contributed by atoms with Gasteiger partial charge in [-0.15, -0.1) is 0 Å². The van der Waals surface area contributed by atoms with Crippen LogP contribution < -0.4 is 10.2 Å². The number of fused-ring (bicyclic) bond motifs is 2. The van der Waals surface area contributed by atoms with Gasteiger partial charge < -0.3 is 14.6 Å². The lowest BCUT2D eigenvalue weighted by Crippen LogP contribution is -2.37. The topological polar surface area (TPSA) is 62.6 Å². The van der Waals surface area contributed by atoms with Crippen molar-refractivity contribution < 1.29 is 14.0 Å². The number of para-hydroxylation sites is 1. The Morgan fingerprint density at radius 1 is 1.24 bits per heavy atom. The van der Waals surface area contributed by atoms with Crippen LogP contribution in [0.2, 0.25) is 0 Å². The lowest BCUT2D eigenvalue weighted by Gasteiger charge is -2.17. The average molecular weight is 336 g/mol. The zero-order chi connectivity index (χ0) is 17.0. The third kappa shape index (κ3) is 2.22. The number of hydrogen-bond acceptors (Lipinski definition) is 3. The number of nitrogens with zero attached hydrogens (tertiary/aromatic N) is 1. The van der Waals surface area contributed by atoms with Crippen LogP contribution in [0.1, 0.15) is 30.6 Å². The number of hydrogen-bond donors (Lipinski definition) is 1. The fraction of sp³-hybridized carbons (Fsp3) is 0.400. The van der Waals surface area contributed by atoms with E-state index in [1.54, 1.807) is 12.3 Å². The minimum Gasteiger partial charge on any atom is -0.467 e. The maximum Gasteiger partial charge on any atom is 0.238 e. The second-order valence-electron chi connectivity index (χ2n) is 7.40. The predicted molar refractivity (Wildman–Crippen MR) is 91.9 cm³/mol. The normalized spacial score (nSPS) is 26.8. The van der Waals surface area contributed by atoms with Crippen molar-refractivity contribution in [2.45, 2.75) is 31.2 Å². The van der Waals surface area contributed by atoms with Crippen molar-refractivity contribution in [3.05, 3.63) is 54.0 Å². The first-order valence-corrected chi connectivity index (χ1v) is 8.92. The van der Waals surface area contributed by atoms with Gasteiger partial charge in [-0.05, 0) is 48.9 Å². The molecule has 3 aliphatic rings. The van der Waals surface area contributed by atoms with E-state index in [1.165, 1.54) is 12.8 Å². The SMILES string of the molecule is O=C(NCc1ccco1)[C@@H]1C[C@@]12C(=O)N(CC1CC1)c1ccccc12. The summed E-state index contributed by atoms with van der Waals surface area (Å²) in [5, 5.41) is 2.91. The van der Waals surface area contributed by atoms with Gasteiger partial charge in [-0.3, -0.25) is 9.59 Å². The number of carbonyl (C=O) groups excluding carboxylic acids is 2. The van der Waals surface area contributed by atoms with Crippen LogP contribution >= 0.6 is 0 Å². The molecule has 2 saturated carbocycles. The first-order valence-electron chi connectivity index (χ1n) is 8.92. The summed E-state index contributed by atoms with van der Waals surface area (Å²) in [6, 6.07) is 11.6. The zero-order valence-electron chi connectivity index (χ0n) is 13.9. The summed E-state index contributed by atoms with van der Waals surface area (Å²) in [5.41, 5.74) is 1.39. The Hall–Kier alpha value is -2.56. The molecule has 1 N–H and O–H groups in total. The highest BCUT2D eigenvalue weighted by molar-refractivity contribution is 6.14. The molecule has 0 saturated heterocycles. The maximum absolute atomic E-state index is 13.2. The van der Waals surface area contributed by atoms with Crippen LogP contribution in [0.25, 0.3) is 0 Å². The van der Waals surface area contributed by atoms with Crippen molar-refractivity contribution in [2.75, 3.05) is 11.4 Å². The first kappa shape index (κ1) is 14.8. The molecule has 1 aromatic carbocycles. The molecular weight excluding hydrogens is 316 g/mol. The van der Waals surface area contributed by atoms with Crippen molar-refractivity contribution in [1.29, 1.82) is 0 Å². The Bertz CT molecular complexity index is 840. The highest BCUT2D eigenvalue weighted by atomic mass is 16.3. The Morgan fingerprint density at radius 3 is 2.84 bits per heavy atom. The quantitative estimate of drug-likeness (QED) is 0.913. The van der Waals surface area contributed by atoms with Crippen LogP contribution in [0.3, 0.4) is 0 Å². The van der Waals surface area contributed by atoms with Crippen LogP contribution in [0.4, 0.5) is 5.69 Å². The maximum atomic E-state index is 13.2. The second-order valence-corrected chi connectivity index (χ2v) is 7.40. The van der Waals surface area contributed by atoms with Gasteiger partial charge >= 0.3 is 0 Å². The first-order chi connectivity index (χ1) is 12.2. The van der Waals surface area contributed by atoms with Gasteiger partial charge in [-0.25, -0.2) is 0 Å². The number of rotatable bonds is 5. The molecule has 2 atom stereocenters. The van der Waals surface area contributed by atoms with Crippen molar-refractivity contribution in [2.24, 2.45) is 11.8 Å². The van der Waals surface area contributed by atoms with E-state index < -0.39 is 5.41 Å². The van der Waals surface area contributed by atoms with E-state index in [4.69, 9.17) is 4.42 Å². The summed E-state index contributed by atoms with van der Waals surface area (Å²) in [6.07, 6.45) is 4.60. The molecule has 1 spiro atoms. The van der Waals surface area contributed by atoms with E-state index in [-0.39, 0.29) is 17.7 Å². The molecule has 0 bridgehead atoms. The van der Waals surface area contributed by atoms with Gasteiger partial charge in [0, 0.05) is 12.2 Å². The largest absolute Gasteiger partial charge is 0.467 e. The molecule has 2 heterocycles. The van der Waals surface area contributed by atoms with Crippen molar-refractivity contribution >= 4 is 17.5 Å². The minimum atomic E-state index is -0.640. The van der Waals surface area contributed by atoms with E-state index in [1.807, 2.05) is 35.2 Å². The van der Waals surface area contributed by atoms with Crippen LogP contribution in [0.5, 0.6) is 0 Å². The third-order valence-corrected chi connectivity index (χ3v) is 5.73. The fourth-order valence-electron chi connectivity index (χ4n) is 4.12. The lowest BCUT2D eigenvalue weighted by atomic mass is 9.94. The van der Waals surface area contributed by atoms with Crippen LogP contribution in [0, 0.1) is 11.8 Å². The van der Waals surface area contributed by atoms with Crippen LogP contribution in [0.15, 0.2) is 47.1 Å². The van der Waals surface area contributed by atoms with Gasteiger partial charge in [0.05, 0.1) is 24.1 Å². The molecule has 0 unspecified atom stereocenters. The van der Waals surface area contributed by atoms with Crippen LogP contribution in [-0.4, -0.2) is 18.4 Å². The second kappa shape index (κ2) is 5.22. The predicted octanol–water partition coefficient (Wildman–Crippen LogP) is 2.61. The smallest absolute Gasteiger partial charge is 0.238 e. The van der Waals surface area contributed by atoms with Crippen molar-refractivity contribution in [3.63, 3.8) is 0 Å². The highest BCUT2D eigenvalue weighted by Crippen LogP contribution is 2.62. The standard InChI is InChI=1S/C20H20N2O3/c23-18(21-11-14-4-3-9-25-14)16-10-20(16)15-5-1-2-6-17(15)22(19(20)24)12-13-7-8-13/h1-6,9,13,16H,7-8,10-12H2,(H,21,23)/t16-,20-/m0/s1. The Kier molecular flexibility index (Phi) is 3.08. The molecule has 5 nitrogen and oxygen atoms in total. The molecule has 5 heteroatoms. The number of furan rings is 1. The van der Waals surface area contributed by atoms with E-state index in [0.717, 1.165) is 23.6 Å². The monoisotopic (exact) mass is 336 g/mol. The molecule has 2 fully saturated rings. The summed E-state index contributed by atoms with van der Waals surface area (Å²) >= 11 is 0. The minimum absolute atomic E-state index is 0.0622. The summed E-state index contributed by atoms with van der Waals surface area (Å²) in [6.45, 7) is 1.15. The van der Waals surface area contributed by atoms with Gasteiger partial charge in [-0.1, -0.05) is 18.2 Å². The Labute approximate surface area is 146 Å². The van der Waals surface area contributed by atoms with Crippen molar-refractivity contribution in [1.82, 2.24) is 5.32 Å². The van der Waals surface area contributed by atoms with Gasteiger partial charge in [0.25, 0.3) is 0 Å². The molecule has 2 aromatic rings.